The minimum absolute atomic E-state index is 0.0330. The fraction of sp³-hybridized carbons (Fsp3) is 0.667. The molecule has 1 atom stereocenters. The molecule has 4 heteroatoms. The van der Waals surface area contributed by atoms with Crippen LogP contribution in [0.3, 0.4) is 0 Å². The van der Waals surface area contributed by atoms with E-state index in [-0.39, 0.29) is 6.04 Å². The van der Waals surface area contributed by atoms with Crippen molar-refractivity contribution in [2.24, 2.45) is 11.7 Å². The van der Waals surface area contributed by atoms with Crippen LogP contribution in [0.25, 0.3) is 0 Å². The number of fused-ring (bicyclic) bond motifs is 1. The molecule has 1 aromatic rings. The minimum Gasteiger partial charge on any atom is -0.343 e. The lowest BCUT2D eigenvalue weighted by atomic mass is 10.1. The lowest BCUT2D eigenvalue weighted by Gasteiger charge is -2.12. The average Bonchev–Trinajstić information content (AvgIpc) is 2.59. The van der Waals surface area contributed by atoms with Crippen molar-refractivity contribution in [3.63, 3.8) is 0 Å². The molecule has 0 spiro atoms. The lowest BCUT2D eigenvalue weighted by Crippen LogP contribution is -2.19. The minimum atomic E-state index is 0.0330. The molecule has 4 N–H and O–H groups in total. The summed E-state index contributed by atoms with van der Waals surface area (Å²) < 4.78 is 0. The SMILES string of the molecule is CC(C)C(N)c1nc2c([nH]1)CNC2. The van der Waals surface area contributed by atoms with E-state index in [4.69, 9.17) is 5.73 Å². The van der Waals surface area contributed by atoms with Crippen molar-refractivity contribution in [1.29, 1.82) is 0 Å². The molecule has 0 saturated carbocycles. The maximum atomic E-state index is 5.98. The number of imidazole rings is 1. The maximum absolute atomic E-state index is 5.98. The van der Waals surface area contributed by atoms with Crippen LogP contribution in [-0.2, 0) is 13.1 Å². The lowest BCUT2D eigenvalue weighted by molar-refractivity contribution is 0.491. The van der Waals surface area contributed by atoms with E-state index in [1.54, 1.807) is 0 Å². The summed E-state index contributed by atoms with van der Waals surface area (Å²) in [6.45, 7) is 5.98. The standard InChI is InChI=1S/C9H16N4/c1-5(2)8(10)9-12-6-3-11-4-7(6)13-9/h5,8,11H,3-4,10H2,1-2H3,(H,12,13). The van der Waals surface area contributed by atoms with Crippen LogP contribution in [0.4, 0.5) is 0 Å². The topological polar surface area (TPSA) is 66.7 Å². The summed E-state index contributed by atoms with van der Waals surface area (Å²) in [7, 11) is 0. The fourth-order valence-electron chi connectivity index (χ4n) is 1.54. The third-order valence-corrected chi connectivity index (χ3v) is 2.51. The zero-order valence-corrected chi connectivity index (χ0v) is 8.09. The predicted octanol–water partition coefficient (Wildman–Crippen LogP) is 0.669. The summed E-state index contributed by atoms with van der Waals surface area (Å²) in [5.41, 5.74) is 8.32. The smallest absolute Gasteiger partial charge is 0.123 e. The molecule has 1 unspecified atom stereocenters. The molecule has 0 aliphatic carbocycles. The molecule has 1 aliphatic rings. The van der Waals surface area contributed by atoms with Crippen molar-refractivity contribution >= 4 is 0 Å². The second-order valence-corrected chi connectivity index (χ2v) is 3.92. The van der Waals surface area contributed by atoms with Crippen LogP contribution in [0, 0.1) is 5.92 Å². The highest BCUT2D eigenvalue weighted by Crippen LogP contribution is 2.19. The highest BCUT2D eigenvalue weighted by atomic mass is 15.1. The maximum Gasteiger partial charge on any atom is 0.123 e. The van der Waals surface area contributed by atoms with Crippen molar-refractivity contribution in [3.8, 4) is 0 Å². The van der Waals surface area contributed by atoms with E-state index >= 15 is 0 Å². The van der Waals surface area contributed by atoms with Crippen LogP contribution in [-0.4, -0.2) is 9.97 Å². The Labute approximate surface area is 77.9 Å². The van der Waals surface area contributed by atoms with Gasteiger partial charge in [0.1, 0.15) is 5.82 Å². The van der Waals surface area contributed by atoms with Gasteiger partial charge in [0.15, 0.2) is 0 Å². The molecular weight excluding hydrogens is 164 g/mol. The van der Waals surface area contributed by atoms with E-state index < -0.39 is 0 Å². The quantitative estimate of drug-likeness (QED) is 0.626. The average molecular weight is 180 g/mol. The normalized spacial score (nSPS) is 17.8. The molecule has 0 fully saturated rings. The number of nitrogens with zero attached hydrogens (tertiary/aromatic N) is 1. The van der Waals surface area contributed by atoms with Crippen LogP contribution in [0.1, 0.15) is 37.1 Å². The van der Waals surface area contributed by atoms with E-state index in [1.165, 1.54) is 5.69 Å². The van der Waals surface area contributed by atoms with Crippen LogP contribution >= 0.6 is 0 Å². The van der Waals surface area contributed by atoms with E-state index in [9.17, 15) is 0 Å². The molecule has 1 aliphatic heterocycles. The Balaban J connectivity index is 2.23. The molecule has 0 radical (unpaired) electrons. The molecule has 72 valence electrons. The molecule has 4 nitrogen and oxygen atoms in total. The van der Waals surface area contributed by atoms with E-state index in [0.29, 0.717) is 5.92 Å². The Kier molecular flexibility index (Phi) is 2.09. The summed E-state index contributed by atoms with van der Waals surface area (Å²) in [5.74, 6) is 1.36. The molecule has 2 heterocycles. The third kappa shape index (κ3) is 1.47. The Morgan fingerprint density at radius 2 is 2.15 bits per heavy atom. The molecule has 0 bridgehead atoms. The van der Waals surface area contributed by atoms with Crippen molar-refractivity contribution in [3.05, 3.63) is 17.2 Å². The van der Waals surface area contributed by atoms with Crippen LogP contribution in [0.15, 0.2) is 0 Å². The number of aromatic nitrogens is 2. The van der Waals surface area contributed by atoms with Crippen LogP contribution in [0.2, 0.25) is 0 Å². The van der Waals surface area contributed by atoms with Gasteiger partial charge in [0, 0.05) is 13.1 Å². The van der Waals surface area contributed by atoms with Gasteiger partial charge >= 0.3 is 0 Å². The summed E-state index contributed by atoms with van der Waals surface area (Å²) >= 11 is 0. The first kappa shape index (κ1) is 8.72. The largest absolute Gasteiger partial charge is 0.343 e. The number of H-pyrrole nitrogens is 1. The second kappa shape index (κ2) is 3.12. The summed E-state index contributed by atoms with van der Waals surface area (Å²) in [6.07, 6.45) is 0. The van der Waals surface area contributed by atoms with Gasteiger partial charge in [-0.3, -0.25) is 0 Å². The molecule has 13 heavy (non-hydrogen) atoms. The number of nitrogens with one attached hydrogen (secondary N) is 2. The number of hydrogen-bond acceptors (Lipinski definition) is 3. The monoisotopic (exact) mass is 180 g/mol. The number of nitrogens with two attached hydrogens (primary N) is 1. The van der Waals surface area contributed by atoms with Gasteiger partial charge in [0.2, 0.25) is 0 Å². The number of aromatic amines is 1. The fourth-order valence-corrected chi connectivity index (χ4v) is 1.54. The Morgan fingerprint density at radius 3 is 2.77 bits per heavy atom. The van der Waals surface area contributed by atoms with Gasteiger partial charge in [0.25, 0.3) is 0 Å². The van der Waals surface area contributed by atoms with Gasteiger partial charge in [-0.15, -0.1) is 0 Å². The van der Waals surface area contributed by atoms with Gasteiger partial charge in [-0.25, -0.2) is 4.98 Å². The predicted molar refractivity (Wildman–Crippen MR) is 50.9 cm³/mol. The van der Waals surface area contributed by atoms with Crippen LogP contribution in [0.5, 0.6) is 0 Å². The van der Waals surface area contributed by atoms with Gasteiger partial charge in [-0.05, 0) is 5.92 Å². The van der Waals surface area contributed by atoms with Crippen LogP contribution < -0.4 is 11.1 Å². The van der Waals surface area contributed by atoms with E-state index in [2.05, 4.69) is 29.1 Å². The van der Waals surface area contributed by atoms with E-state index in [0.717, 1.165) is 24.6 Å². The number of hydrogen-bond donors (Lipinski definition) is 3. The Hall–Kier alpha value is -0.870. The summed E-state index contributed by atoms with van der Waals surface area (Å²) in [5, 5.41) is 3.23. The zero-order chi connectivity index (χ0) is 9.42. The first-order valence-electron chi connectivity index (χ1n) is 4.72. The first-order chi connectivity index (χ1) is 6.18. The number of rotatable bonds is 2. The van der Waals surface area contributed by atoms with Crippen molar-refractivity contribution in [1.82, 2.24) is 15.3 Å². The van der Waals surface area contributed by atoms with Gasteiger partial charge < -0.3 is 16.0 Å². The van der Waals surface area contributed by atoms with Gasteiger partial charge in [0.05, 0.1) is 17.4 Å². The van der Waals surface area contributed by atoms with Gasteiger partial charge in [-0.2, -0.15) is 0 Å². The highest BCUT2D eigenvalue weighted by molar-refractivity contribution is 5.19. The van der Waals surface area contributed by atoms with Gasteiger partial charge in [-0.1, -0.05) is 13.8 Å². The van der Waals surface area contributed by atoms with Crippen molar-refractivity contribution < 1.29 is 0 Å². The molecule has 0 aromatic carbocycles. The van der Waals surface area contributed by atoms with E-state index in [1.807, 2.05) is 0 Å². The Morgan fingerprint density at radius 1 is 1.38 bits per heavy atom. The molecule has 0 saturated heterocycles. The third-order valence-electron chi connectivity index (χ3n) is 2.51. The summed E-state index contributed by atoms with van der Waals surface area (Å²) in [6, 6.07) is 0.0330. The first-order valence-corrected chi connectivity index (χ1v) is 4.72. The highest BCUT2D eigenvalue weighted by Gasteiger charge is 2.20. The molecule has 2 rings (SSSR count). The summed E-state index contributed by atoms with van der Waals surface area (Å²) in [4.78, 5) is 7.75. The molecule has 1 aromatic heterocycles. The second-order valence-electron chi connectivity index (χ2n) is 3.92. The molecule has 0 amide bonds. The molecular formula is C9H16N4. The van der Waals surface area contributed by atoms with Crippen molar-refractivity contribution in [2.75, 3.05) is 0 Å². The Bertz CT molecular complexity index is 281. The zero-order valence-electron chi connectivity index (χ0n) is 8.09. The van der Waals surface area contributed by atoms with Crippen molar-refractivity contribution in [2.45, 2.75) is 33.0 Å².